The van der Waals surface area contributed by atoms with Crippen LogP contribution in [-0.4, -0.2) is 50.0 Å². The number of aliphatic hydroxyl groups is 1. The Morgan fingerprint density at radius 1 is 0.893 bits per heavy atom. The third kappa shape index (κ3) is 7.50. The molecule has 2 aromatic rings. The van der Waals surface area contributed by atoms with E-state index in [9.17, 15) is 5.11 Å². The third-order valence-electron chi connectivity index (χ3n) is 4.37. The van der Waals surface area contributed by atoms with Crippen LogP contribution in [0.2, 0.25) is 0 Å². The molecule has 0 amide bonds. The molecule has 0 spiro atoms. The number of benzene rings is 2. The SMILES string of the molecule is COc1ccc(CN(CC(C)C)CC(O)COCc2ccccc2)cc1OC. The van der Waals surface area contributed by atoms with Crippen molar-refractivity contribution in [1.82, 2.24) is 4.90 Å². The lowest BCUT2D eigenvalue weighted by Crippen LogP contribution is -2.36. The Hall–Kier alpha value is -2.08. The number of aliphatic hydroxyl groups excluding tert-OH is 1. The minimum Gasteiger partial charge on any atom is -0.493 e. The van der Waals surface area contributed by atoms with Crippen molar-refractivity contribution in [1.29, 1.82) is 0 Å². The van der Waals surface area contributed by atoms with E-state index in [1.165, 1.54) is 0 Å². The first-order chi connectivity index (χ1) is 13.5. The Balaban J connectivity index is 1.91. The van der Waals surface area contributed by atoms with Crippen LogP contribution >= 0.6 is 0 Å². The summed E-state index contributed by atoms with van der Waals surface area (Å²) in [5.41, 5.74) is 2.23. The summed E-state index contributed by atoms with van der Waals surface area (Å²) in [5.74, 6) is 1.94. The van der Waals surface area contributed by atoms with Crippen LogP contribution in [0.15, 0.2) is 48.5 Å². The van der Waals surface area contributed by atoms with Gasteiger partial charge in [-0.3, -0.25) is 4.90 Å². The number of nitrogens with zero attached hydrogens (tertiary/aromatic N) is 1. The summed E-state index contributed by atoms with van der Waals surface area (Å²) in [7, 11) is 3.27. The minimum absolute atomic E-state index is 0.315. The molecule has 0 bridgehead atoms. The molecule has 0 aromatic heterocycles. The molecule has 2 aromatic carbocycles. The lowest BCUT2D eigenvalue weighted by atomic mass is 10.1. The van der Waals surface area contributed by atoms with Gasteiger partial charge in [0.1, 0.15) is 0 Å². The molecule has 0 radical (unpaired) electrons. The molecule has 28 heavy (non-hydrogen) atoms. The molecule has 5 nitrogen and oxygen atoms in total. The topological polar surface area (TPSA) is 51.2 Å². The molecule has 5 heteroatoms. The van der Waals surface area contributed by atoms with E-state index in [0.717, 1.165) is 35.7 Å². The van der Waals surface area contributed by atoms with Gasteiger partial charge >= 0.3 is 0 Å². The summed E-state index contributed by atoms with van der Waals surface area (Å²) in [5, 5.41) is 10.5. The molecule has 0 saturated carbocycles. The largest absolute Gasteiger partial charge is 0.493 e. The molecular weight excluding hydrogens is 354 g/mol. The van der Waals surface area contributed by atoms with Gasteiger partial charge in [0.2, 0.25) is 0 Å². The van der Waals surface area contributed by atoms with Gasteiger partial charge in [0, 0.05) is 19.6 Å². The molecule has 0 aliphatic carbocycles. The smallest absolute Gasteiger partial charge is 0.161 e. The van der Waals surface area contributed by atoms with E-state index in [0.29, 0.717) is 25.7 Å². The highest BCUT2D eigenvalue weighted by atomic mass is 16.5. The fourth-order valence-corrected chi connectivity index (χ4v) is 3.20. The van der Waals surface area contributed by atoms with E-state index < -0.39 is 6.10 Å². The second kappa shape index (κ2) is 11.7. The van der Waals surface area contributed by atoms with Crippen molar-refractivity contribution in [2.24, 2.45) is 5.92 Å². The molecule has 2 rings (SSSR count). The standard InChI is InChI=1S/C23H33NO4/c1-18(2)13-24(14-20-10-11-22(26-3)23(12-20)27-4)15-21(25)17-28-16-19-8-6-5-7-9-19/h5-12,18,21,25H,13-17H2,1-4H3. The van der Waals surface area contributed by atoms with E-state index in [4.69, 9.17) is 14.2 Å². The van der Waals surface area contributed by atoms with Gasteiger partial charge in [-0.1, -0.05) is 50.2 Å². The van der Waals surface area contributed by atoms with Gasteiger partial charge in [-0.2, -0.15) is 0 Å². The predicted molar refractivity (Wildman–Crippen MR) is 112 cm³/mol. The molecule has 1 atom stereocenters. The van der Waals surface area contributed by atoms with Gasteiger partial charge in [0.25, 0.3) is 0 Å². The Morgan fingerprint density at radius 2 is 1.61 bits per heavy atom. The second-order valence-corrected chi connectivity index (χ2v) is 7.43. The molecule has 1 unspecified atom stereocenters. The van der Waals surface area contributed by atoms with E-state index in [1.807, 2.05) is 48.5 Å². The summed E-state index contributed by atoms with van der Waals surface area (Å²) in [6, 6.07) is 15.9. The lowest BCUT2D eigenvalue weighted by molar-refractivity contribution is 0.00677. The first-order valence-corrected chi connectivity index (χ1v) is 9.74. The fraction of sp³-hybridized carbons (Fsp3) is 0.478. The summed E-state index contributed by atoms with van der Waals surface area (Å²) in [6.45, 7) is 7.37. The first kappa shape index (κ1) is 22.2. The van der Waals surface area contributed by atoms with Crippen LogP contribution in [0.4, 0.5) is 0 Å². The van der Waals surface area contributed by atoms with E-state index >= 15 is 0 Å². The van der Waals surface area contributed by atoms with Gasteiger partial charge in [0.15, 0.2) is 11.5 Å². The monoisotopic (exact) mass is 387 g/mol. The predicted octanol–water partition coefficient (Wildman–Crippen LogP) is 3.74. The Morgan fingerprint density at radius 3 is 2.25 bits per heavy atom. The lowest BCUT2D eigenvalue weighted by Gasteiger charge is -2.27. The number of ether oxygens (including phenoxy) is 3. The Kier molecular flexibility index (Phi) is 9.28. The van der Waals surface area contributed by atoms with Crippen molar-refractivity contribution < 1.29 is 19.3 Å². The summed E-state index contributed by atoms with van der Waals surface area (Å²) >= 11 is 0. The molecule has 0 fully saturated rings. The maximum Gasteiger partial charge on any atom is 0.161 e. The zero-order valence-electron chi connectivity index (χ0n) is 17.4. The highest BCUT2D eigenvalue weighted by molar-refractivity contribution is 5.42. The number of hydrogen-bond acceptors (Lipinski definition) is 5. The van der Waals surface area contributed by atoms with E-state index in [-0.39, 0.29) is 0 Å². The van der Waals surface area contributed by atoms with Crippen LogP contribution in [0.5, 0.6) is 11.5 Å². The van der Waals surface area contributed by atoms with Crippen molar-refractivity contribution in [2.45, 2.75) is 33.1 Å². The van der Waals surface area contributed by atoms with E-state index in [1.54, 1.807) is 14.2 Å². The van der Waals surface area contributed by atoms with Crippen LogP contribution in [-0.2, 0) is 17.9 Å². The molecule has 154 valence electrons. The van der Waals surface area contributed by atoms with Gasteiger partial charge in [-0.15, -0.1) is 0 Å². The third-order valence-corrected chi connectivity index (χ3v) is 4.37. The van der Waals surface area contributed by atoms with Gasteiger partial charge < -0.3 is 19.3 Å². The van der Waals surface area contributed by atoms with Crippen LogP contribution in [0.1, 0.15) is 25.0 Å². The molecule has 0 aliphatic rings. The fourth-order valence-electron chi connectivity index (χ4n) is 3.20. The quantitative estimate of drug-likeness (QED) is 0.601. The summed E-state index contributed by atoms with van der Waals surface area (Å²) < 4.78 is 16.4. The van der Waals surface area contributed by atoms with E-state index in [2.05, 4.69) is 18.7 Å². The number of hydrogen-bond donors (Lipinski definition) is 1. The Labute approximate surface area is 168 Å². The number of methoxy groups -OCH3 is 2. The first-order valence-electron chi connectivity index (χ1n) is 9.74. The zero-order valence-corrected chi connectivity index (χ0v) is 17.4. The minimum atomic E-state index is -0.539. The normalized spacial score (nSPS) is 12.4. The van der Waals surface area contributed by atoms with Crippen LogP contribution in [0, 0.1) is 5.92 Å². The van der Waals surface area contributed by atoms with Crippen molar-refractivity contribution in [3.05, 3.63) is 59.7 Å². The Bertz CT molecular complexity index is 690. The van der Waals surface area contributed by atoms with Gasteiger partial charge in [-0.25, -0.2) is 0 Å². The molecule has 0 heterocycles. The van der Waals surface area contributed by atoms with Gasteiger partial charge in [0.05, 0.1) is 33.5 Å². The van der Waals surface area contributed by atoms with Crippen LogP contribution in [0.25, 0.3) is 0 Å². The molecular formula is C23H33NO4. The van der Waals surface area contributed by atoms with Crippen molar-refractivity contribution >= 4 is 0 Å². The maximum atomic E-state index is 10.5. The maximum absolute atomic E-state index is 10.5. The highest BCUT2D eigenvalue weighted by Crippen LogP contribution is 2.28. The average molecular weight is 388 g/mol. The summed E-state index contributed by atoms with van der Waals surface area (Å²) in [6.07, 6.45) is -0.539. The average Bonchev–Trinajstić information content (AvgIpc) is 2.68. The van der Waals surface area contributed by atoms with Gasteiger partial charge in [-0.05, 0) is 29.2 Å². The van der Waals surface area contributed by atoms with Crippen molar-refractivity contribution in [3.8, 4) is 11.5 Å². The second-order valence-electron chi connectivity index (χ2n) is 7.43. The van der Waals surface area contributed by atoms with Crippen LogP contribution < -0.4 is 9.47 Å². The highest BCUT2D eigenvalue weighted by Gasteiger charge is 2.15. The van der Waals surface area contributed by atoms with Crippen molar-refractivity contribution in [3.63, 3.8) is 0 Å². The summed E-state index contributed by atoms with van der Waals surface area (Å²) in [4.78, 5) is 2.25. The zero-order chi connectivity index (χ0) is 20.4. The molecule has 0 saturated heterocycles. The van der Waals surface area contributed by atoms with Crippen LogP contribution in [0.3, 0.4) is 0 Å². The molecule has 0 aliphatic heterocycles. The number of rotatable bonds is 12. The molecule has 1 N–H and O–H groups in total. The van der Waals surface area contributed by atoms with Crippen molar-refractivity contribution in [2.75, 3.05) is 33.9 Å².